The summed E-state index contributed by atoms with van der Waals surface area (Å²) in [5, 5.41) is 15.2. The lowest BCUT2D eigenvalue weighted by molar-refractivity contribution is -0.385. The van der Waals surface area contributed by atoms with Gasteiger partial charge < -0.3 is 4.74 Å². The molecular formula is C11H12N4O3. The standard InChI is InChI=1S/C11H12N4O3/c1-7-6-8(2)14(13-7)11-9(15(16)17)4-5-10(12-11)18-3/h4-6H,1-3H3. The van der Waals surface area contributed by atoms with Gasteiger partial charge in [0.05, 0.1) is 17.7 Å². The highest BCUT2D eigenvalue weighted by Crippen LogP contribution is 2.24. The lowest BCUT2D eigenvalue weighted by Crippen LogP contribution is -2.07. The highest BCUT2D eigenvalue weighted by molar-refractivity contribution is 5.49. The minimum Gasteiger partial charge on any atom is -0.481 e. The summed E-state index contributed by atoms with van der Waals surface area (Å²) in [6, 6.07) is 4.63. The summed E-state index contributed by atoms with van der Waals surface area (Å²) in [6.45, 7) is 3.63. The zero-order valence-corrected chi connectivity index (χ0v) is 10.2. The molecule has 0 saturated heterocycles. The van der Waals surface area contributed by atoms with E-state index in [9.17, 15) is 10.1 Å². The van der Waals surface area contributed by atoms with Crippen molar-refractivity contribution in [2.45, 2.75) is 13.8 Å². The van der Waals surface area contributed by atoms with Crippen molar-refractivity contribution in [3.05, 3.63) is 39.7 Å². The van der Waals surface area contributed by atoms with E-state index in [-0.39, 0.29) is 11.5 Å². The van der Waals surface area contributed by atoms with Crippen molar-refractivity contribution in [2.24, 2.45) is 0 Å². The van der Waals surface area contributed by atoms with E-state index in [1.165, 1.54) is 23.9 Å². The van der Waals surface area contributed by atoms with Gasteiger partial charge in [0, 0.05) is 17.8 Å². The Hall–Kier alpha value is -2.44. The fourth-order valence-electron chi connectivity index (χ4n) is 1.68. The molecule has 2 aromatic heterocycles. The average Bonchev–Trinajstić information content (AvgIpc) is 2.67. The second-order valence-electron chi connectivity index (χ2n) is 3.79. The van der Waals surface area contributed by atoms with E-state index >= 15 is 0 Å². The second kappa shape index (κ2) is 4.44. The molecule has 2 heterocycles. The fraction of sp³-hybridized carbons (Fsp3) is 0.273. The molecule has 0 fully saturated rings. The molecule has 0 spiro atoms. The number of nitrogens with zero attached hydrogens (tertiary/aromatic N) is 4. The highest BCUT2D eigenvalue weighted by atomic mass is 16.6. The third-order valence-electron chi connectivity index (χ3n) is 2.45. The summed E-state index contributed by atoms with van der Waals surface area (Å²) in [7, 11) is 1.46. The molecule has 18 heavy (non-hydrogen) atoms. The zero-order chi connectivity index (χ0) is 13.3. The van der Waals surface area contributed by atoms with E-state index in [0.717, 1.165) is 11.4 Å². The van der Waals surface area contributed by atoms with Crippen molar-refractivity contribution in [2.75, 3.05) is 7.11 Å². The highest BCUT2D eigenvalue weighted by Gasteiger charge is 2.20. The van der Waals surface area contributed by atoms with Crippen molar-refractivity contribution in [1.29, 1.82) is 0 Å². The average molecular weight is 248 g/mol. The maximum atomic E-state index is 11.0. The smallest absolute Gasteiger partial charge is 0.314 e. The number of pyridine rings is 1. The number of aryl methyl sites for hydroxylation is 2. The summed E-state index contributed by atoms with van der Waals surface area (Å²) >= 11 is 0. The Kier molecular flexibility index (Phi) is 2.97. The van der Waals surface area contributed by atoms with Crippen molar-refractivity contribution in [1.82, 2.24) is 14.8 Å². The first-order valence-corrected chi connectivity index (χ1v) is 5.26. The van der Waals surface area contributed by atoms with Gasteiger partial charge in [-0.1, -0.05) is 0 Å². The lowest BCUT2D eigenvalue weighted by Gasteiger charge is -2.06. The maximum absolute atomic E-state index is 11.0. The predicted molar refractivity (Wildman–Crippen MR) is 64.0 cm³/mol. The van der Waals surface area contributed by atoms with E-state index in [2.05, 4.69) is 10.1 Å². The molecule has 7 heteroatoms. The maximum Gasteiger partial charge on any atom is 0.314 e. The Labute approximate surface area is 103 Å². The number of ether oxygens (including phenoxy) is 1. The van der Waals surface area contributed by atoms with Crippen LogP contribution < -0.4 is 4.74 Å². The Morgan fingerprint density at radius 3 is 2.61 bits per heavy atom. The molecule has 0 radical (unpaired) electrons. The SMILES string of the molecule is COc1ccc([N+](=O)[O-])c(-n2nc(C)cc2C)n1. The van der Waals surface area contributed by atoms with E-state index in [1.807, 2.05) is 19.9 Å². The largest absolute Gasteiger partial charge is 0.481 e. The quantitative estimate of drug-likeness (QED) is 0.611. The summed E-state index contributed by atoms with van der Waals surface area (Å²) in [5.41, 5.74) is 1.43. The molecule has 2 rings (SSSR count). The van der Waals surface area contributed by atoms with E-state index in [4.69, 9.17) is 4.74 Å². The summed E-state index contributed by atoms with van der Waals surface area (Å²) in [4.78, 5) is 14.6. The molecule has 7 nitrogen and oxygen atoms in total. The van der Waals surface area contributed by atoms with Gasteiger partial charge in [0.1, 0.15) is 0 Å². The van der Waals surface area contributed by atoms with E-state index in [1.54, 1.807) is 0 Å². The monoisotopic (exact) mass is 248 g/mol. The Balaban J connectivity index is 2.67. The Morgan fingerprint density at radius 1 is 1.39 bits per heavy atom. The normalized spacial score (nSPS) is 10.4. The molecule has 0 N–H and O–H groups in total. The van der Waals surface area contributed by atoms with Crippen LogP contribution in [0.25, 0.3) is 5.82 Å². The van der Waals surface area contributed by atoms with Gasteiger partial charge in [0.25, 0.3) is 0 Å². The molecule has 0 bridgehead atoms. The van der Waals surface area contributed by atoms with E-state index in [0.29, 0.717) is 5.88 Å². The van der Waals surface area contributed by atoms with Crippen LogP contribution in [0.1, 0.15) is 11.4 Å². The molecule has 0 aromatic carbocycles. The number of hydrogen-bond donors (Lipinski definition) is 0. The molecule has 0 unspecified atom stereocenters. The van der Waals surface area contributed by atoms with Gasteiger partial charge in [-0.2, -0.15) is 10.1 Å². The number of rotatable bonds is 3. The molecule has 0 saturated carbocycles. The Morgan fingerprint density at radius 2 is 2.11 bits per heavy atom. The van der Waals surface area contributed by atoms with Crippen LogP contribution in [0.2, 0.25) is 0 Å². The van der Waals surface area contributed by atoms with Crippen molar-refractivity contribution in [3.8, 4) is 11.7 Å². The molecule has 0 aliphatic rings. The third kappa shape index (κ3) is 2.02. The van der Waals surface area contributed by atoms with Gasteiger partial charge in [-0.25, -0.2) is 4.68 Å². The molecule has 0 aliphatic heterocycles. The topological polar surface area (TPSA) is 83.1 Å². The van der Waals surface area contributed by atoms with Crippen LogP contribution in [0.3, 0.4) is 0 Å². The number of hydrogen-bond acceptors (Lipinski definition) is 5. The first-order chi connectivity index (χ1) is 8.52. The van der Waals surface area contributed by atoms with Gasteiger partial charge in [0.15, 0.2) is 0 Å². The van der Waals surface area contributed by atoms with Crippen molar-refractivity contribution >= 4 is 5.69 Å². The van der Waals surface area contributed by atoms with Crippen LogP contribution in [-0.4, -0.2) is 26.8 Å². The van der Waals surface area contributed by atoms with Crippen LogP contribution in [0.4, 0.5) is 5.69 Å². The predicted octanol–water partition coefficient (Wildman–Crippen LogP) is 1.80. The second-order valence-corrected chi connectivity index (χ2v) is 3.79. The number of methoxy groups -OCH3 is 1. The zero-order valence-electron chi connectivity index (χ0n) is 10.2. The lowest BCUT2D eigenvalue weighted by atomic mass is 10.3. The first kappa shape index (κ1) is 12.0. The van der Waals surface area contributed by atoms with Gasteiger partial charge in [0.2, 0.25) is 11.7 Å². The third-order valence-corrected chi connectivity index (χ3v) is 2.45. The van der Waals surface area contributed by atoms with Crippen molar-refractivity contribution in [3.63, 3.8) is 0 Å². The molecule has 0 aliphatic carbocycles. The molecule has 0 atom stereocenters. The van der Waals surface area contributed by atoms with Gasteiger partial charge in [-0.15, -0.1) is 0 Å². The number of aromatic nitrogens is 3. The Bertz CT molecular complexity index is 606. The van der Waals surface area contributed by atoms with Crippen LogP contribution in [0, 0.1) is 24.0 Å². The van der Waals surface area contributed by atoms with Gasteiger partial charge in [-0.05, 0) is 19.9 Å². The number of nitro groups is 1. The van der Waals surface area contributed by atoms with Gasteiger partial charge in [-0.3, -0.25) is 10.1 Å². The van der Waals surface area contributed by atoms with Crippen LogP contribution in [-0.2, 0) is 0 Å². The van der Waals surface area contributed by atoms with Crippen LogP contribution in [0.15, 0.2) is 18.2 Å². The summed E-state index contributed by atoms with van der Waals surface area (Å²) in [6.07, 6.45) is 0. The van der Waals surface area contributed by atoms with Crippen LogP contribution in [0.5, 0.6) is 5.88 Å². The molecular weight excluding hydrogens is 236 g/mol. The minimum atomic E-state index is -0.488. The first-order valence-electron chi connectivity index (χ1n) is 5.26. The molecule has 2 aromatic rings. The minimum absolute atomic E-state index is 0.109. The van der Waals surface area contributed by atoms with Crippen LogP contribution >= 0.6 is 0 Å². The van der Waals surface area contributed by atoms with Crippen molar-refractivity contribution < 1.29 is 9.66 Å². The fourth-order valence-corrected chi connectivity index (χ4v) is 1.68. The summed E-state index contributed by atoms with van der Waals surface area (Å²) < 4.78 is 6.42. The molecule has 0 amide bonds. The van der Waals surface area contributed by atoms with E-state index < -0.39 is 4.92 Å². The molecule has 94 valence electrons. The summed E-state index contributed by atoms with van der Waals surface area (Å²) in [5.74, 6) is 0.466. The van der Waals surface area contributed by atoms with Gasteiger partial charge >= 0.3 is 5.69 Å².